The molecule has 0 saturated carbocycles. The largest absolute Gasteiger partial charge is 0.383 e. The van der Waals surface area contributed by atoms with Gasteiger partial charge in [0.1, 0.15) is 5.60 Å². The van der Waals surface area contributed by atoms with Crippen molar-refractivity contribution in [2.45, 2.75) is 25.4 Å². The number of fused-ring (bicyclic) bond motifs is 2. The van der Waals surface area contributed by atoms with Crippen molar-refractivity contribution in [1.29, 1.82) is 0 Å². The molecular weight excluding hydrogens is 202 g/mol. The molecule has 0 aliphatic carbocycles. The van der Waals surface area contributed by atoms with Crippen molar-refractivity contribution < 1.29 is 9.84 Å². The van der Waals surface area contributed by atoms with Crippen molar-refractivity contribution in [3.8, 4) is 0 Å². The lowest BCUT2D eigenvalue weighted by molar-refractivity contribution is -0.0338. The minimum atomic E-state index is -0.792. The van der Waals surface area contributed by atoms with Crippen molar-refractivity contribution in [2.24, 2.45) is 0 Å². The van der Waals surface area contributed by atoms with Crippen LogP contribution in [0.2, 0.25) is 0 Å². The van der Waals surface area contributed by atoms with Crippen molar-refractivity contribution in [3.05, 3.63) is 35.2 Å². The molecule has 1 unspecified atom stereocenters. The second-order valence-corrected chi connectivity index (χ2v) is 4.70. The average molecular weight is 219 g/mol. The summed E-state index contributed by atoms with van der Waals surface area (Å²) in [5.74, 6) is 0. The molecule has 3 heteroatoms. The van der Waals surface area contributed by atoms with E-state index in [2.05, 4.69) is 23.3 Å². The minimum Gasteiger partial charge on any atom is -0.383 e. The molecule has 3 nitrogen and oxygen atoms in total. The van der Waals surface area contributed by atoms with Crippen LogP contribution in [0.25, 0.3) is 0 Å². The van der Waals surface area contributed by atoms with Crippen LogP contribution < -0.4 is 0 Å². The maximum atomic E-state index is 10.5. The number of ether oxygens (including phenoxy) is 1. The summed E-state index contributed by atoms with van der Waals surface area (Å²) in [5, 5.41) is 10.5. The maximum absolute atomic E-state index is 10.5. The highest BCUT2D eigenvalue weighted by Gasteiger charge is 2.38. The molecule has 0 aromatic heterocycles. The van der Waals surface area contributed by atoms with Crippen molar-refractivity contribution in [2.75, 3.05) is 19.8 Å². The van der Waals surface area contributed by atoms with Crippen molar-refractivity contribution in [1.82, 2.24) is 4.90 Å². The zero-order valence-corrected chi connectivity index (χ0v) is 9.57. The van der Waals surface area contributed by atoms with Crippen LogP contribution in [0.3, 0.4) is 0 Å². The Bertz CT molecular complexity index is 408. The molecule has 0 spiro atoms. The quantitative estimate of drug-likeness (QED) is 0.726. The van der Waals surface area contributed by atoms with E-state index in [4.69, 9.17) is 4.74 Å². The summed E-state index contributed by atoms with van der Waals surface area (Å²) in [6, 6.07) is 0. The van der Waals surface area contributed by atoms with Gasteiger partial charge in [-0.1, -0.05) is 13.0 Å². The lowest BCUT2D eigenvalue weighted by atomic mass is 9.83. The van der Waals surface area contributed by atoms with Gasteiger partial charge in [0.15, 0.2) is 0 Å². The Labute approximate surface area is 95.7 Å². The first kappa shape index (κ1) is 10.1. The molecule has 0 amide bonds. The van der Waals surface area contributed by atoms with E-state index in [1.165, 1.54) is 5.70 Å². The number of hydrogen-bond donors (Lipinski definition) is 1. The van der Waals surface area contributed by atoms with E-state index in [0.29, 0.717) is 19.6 Å². The third kappa shape index (κ3) is 1.35. The first-order valence-corrected chi connectivity index (χ1v) is 5.93. The molecule has 3 rings (SSSR count). The van der Waals surface area contributed by atoms with Gasteiger partial charge in [0.2, 0.25) is 0 Å². The van der Waals surface area contributed by atoms with E-state index in [1.54, 1.807) is 0 Å². The summed E-state index contributed by atoms with van der Waals surface area (Å²) in [4.78, 5) is 2.24. The van der Waals surface area contributed by atoms with E-state index in [9.17, 15) is 5.11 Å². The first-order valence-electron chi connectivity index (χ1n) is 5.93. The Morgan fingerprint density at radius 1 is 1.56 bits per heavy atom. The Morgan fingerprint density at radius 2 is 2.44 bits per heavy atom. The predicted molar refractivity (Wildman–Crippen MR) is 61.6 cm³/mol. The molecule has 3 heterocycles. The third-order valence-corrected chi connectivity index (χ3v) is 3.69. The molecular formula is C13H17NO2. The third-order valence-electron chi connectivity index (χ3n) is 3.69. The van der Waals surface area contributed by atoms with Crippen LogP contribution in [0.1, 0.15) is 19.8 Å². The van der Waals surface area contributed by atoms with Gasteiger partial charge in [0, 0.05) is 24.0 Å². The summed E-state index contributed by atoms with van der Waals surface area (Å²) >= 11 is 0. The van der Waals surface area contributed by atoms with Gasteiger partial charge in [-0.2, -0.15) is 0 Å². The average Bonchev–Trinajstić information content (AvgIpc) is 2.74. The Kier molecular flexibility index (Phi) is 2.19. The Morgan fingerprint density at radius 3 is 3.25 bits per heavy atom. The fraction of sp³-hybridized carbons (Fsp3) is 0.538. The standard InChI is InChI=1S/C13H17NO2/c1-2-13(15)9-16-8-10-7-14-5-3-4-11(14)6-12(10)13/h4,6-7,15H,2-3,5,8-9H2,1H3. The molecule has 16 heavy (non-hydrogen) atoms. The van der Waals surface area contributed by atoms with Crippen LogP contribution in [0.5, 0.6) is 0 Å². The lowest BCUT2D eigenvalue weighted by Gasteiger charge is -2.39. The van der Waals surface area contributed by atoms with Crippen molar-refractivity contribution in [3.63, 3.8) is 0 Å². The summed E-state index contributed by atoms with van der Waals surface area (Å²) in [7, 11) is 0. The van der Waals surface area contributed by atoms with E-state index >= 15 is 0 Å². The van der Waals surface area contributed by atoms with Gasteiger partial charge in [-0.3, -0.25) is 0 Å². The van der Waals surface area contributed by atoms with Crippen LogP contribution in [-0.2, 0) is 4.74 Å². The van der Waals surface area contributed by atoms with E-state index in [-0.39, 0.29) is 0 Å². The van der Waals surface area contributed by atoms with Gasteiger partial charge in [0.25, 0.3) is 0 Å². The first-order chi connectivity index (χ1) is 7.73. The number of allylic oxidation sites excluding steroid dienone is 1. The molecule has 3 aliphatic heterocycles. The lowest BCUT2D eigenvalue weighted by Crippen LogP contribution is -2.43. The molecule has 0 radical (unpaired) electrons. The monoisotopic (exact) mass is 219 g/mol. The van der Waals surface area contributed by atoms with Gasteiger partial charge in [-0.25, -0.2) is 0 Å². The molecule has 0 aromatic rings. The fourth-order valence-electron chi connectivity index (χ4n) is 2.63. The van der Waals surface area contributed by atoms with Crippen LogP contribution in [-0.4, -0.2) is 35.4 Å². The Balaban J connectivity index is 2.03. The second kappa shape index (κ2) is 3.47. The van der Waals surface area contributed by atoms with Crippen LogP contribution in [0.4, 0.5) is 0 Å². The SMILES string of the molecule is CCC1(O)COCC2=CN3CCC=C3C=C21. The number of hydrogen-bond acceptors (Lipinski definition) is 3. The maximum Gasteiger partial charge on any atom is 0.113 e. The summed E-state index contributed by atoms with van der Waals surface area (Å²) < 4.78 is 5.49. The van der Waals surface area contributed by atoms with Crippen LogP contribution >= 0.6 is 0 Å². The molecule has 1 fully saturated rings. The van der Waals surface area contributed by atoms with Gasteiger partial charge in [-0.15, -0.1) is 0 Å². The molecule has 3 aliphatic rings. The highest BCUT2D eigenvalue weighted by atomic mass is 16.5. The van der Waals surface area contributed by atoms with E-state index in [1.807, 2.05) is 6.92 Å². The van der Waals surface area contributed by atoms with Gasteiger partial charge in [-0.05, 0) is 24.5 Å². The normalized spacial score (nSPS) is 32.6. The number of aliphatic hydroxyl groups is 1. The summed E-state index contributed by atoms with van der Waals surface area (Å²) in [6.07, 6.45) is 8.28. The topological polar surface area (TPSA) is 32.7 Å². The molecule has 86 valence electrons. The summed E-state index contributed by atoms with van der Waals surface area (Å²) in [5.41, 5.74) is 2.63. The van der Waals surface area contributed by atoms with E-state index in [0.717, 1.165) is 24.1 Å². The summed E-state index contributed by atoms with van der Waals surface area (Å²) in [6.45, 7) is 4.09. The zero-order chi connectivity index (χ0) is 11.2. The fourth-order valence-corrected chi connectivity index (χ4v) is 2.63. The van der Waals surface area contributed by atoms with Crippen LogP contribution in [0, 0.1) is 0 Å². The molecule has 1 saturated heterocycles. The van der Waals surface area contributed by atoms with Crippen molar-refractivity contribution >= 4 is 0 Å². The molecule has 0 aromatic carbocycles. The highest BCUT2D eigenvalue weighted by Crippen LogP contribution is 2.38. The number of rotatable bonds is 1. The smallest absolute Gasteiger partial charge is 0.113 e. The molecule has 0 bridgehead atoms. The number of nitrogens with zero attached hydrogens (tertiary/aromatic N) is 1. The Hall–Kier alpha value is -1.06. The van der Waals surface area contributed by atoms with Crippen LogP contribution in [0.15, 0.2) is 35.2 Å². The zero-order valence-electron chi connectivity index (χ0n) is 9.57. The van der Waals surface area contributed by atoms with E-state index < -0.39 is 5.60 Å². The molecule has 1 N–H and O–H groups in total. The second-order valence-electron chi connectivity index (χ2n) is 4.70. The molecule has 1 atom stereocenters. The minimum absolute atomic E-state index is 0.417. The highest BCUT2D eigenvalue weighted by molar-refractivity contribution is 5.49. The predicted octanol–water partition coefficient (Wildman–Crippen LogP) is 1.57. The van der Waals surface area contributed by atoms with Gasteiger partial charge < -0.3 is 14.7 Å². The van der Waals surface area contributed by atoms with Gasteiger partial charge >= 0.3 is 0 Å². The van der Waals surface area contributed by atoms with Gasteiger partial charge in [0.05, 0.1) is 13.2 Å².